The van der Waals surface area contributed by atoms with Crippen LogP contribution in [0, 0.1) is 0 Å². The van der Waals surface area contributed by atoms with Gasteiger partial charge in [-0.05, 0) is 43.2 Å². The lowest BCUT2D eigenvalue weighted by Crippen LogP contribution is -2.27. The van der Waals surface area contributed by atoms with Crippen molar-refractivity contribution >= 4 is 11.8 Å². The van der Waals surface area contributed by atoms with E-state index in [9.17, 15) is 8.78 Å². The Balaban J connectivity index is 1.83. The second kappa shape index (κ2) is 9.68. The first-order chi connectivity index (χ1) is 12.0. The van der Waals surface area contributed by atoms with Crippen LogP contribution in [0.2, 0.25) is 0 Å². The summed E-state index contributed by atoms with van der Waals surface area (Å²) in [6, 6.07) is 9.63. The van der Waals surface area contributed by atoms with E-state index >= 15 is 0 Å². The smallest absolute Gasteiger partial charge is 0.284 e. The van der Waals surface area contributed by atoms with Crippen LogP contribution < -0.4 is 14.8 Å². The molecule has 2 rings (SSSR count). The number of ether oxygens (including phenoxy) is 2. The maximum Gasteiger partial charge on any atom is 0.284 e. The van der Waals surface area contributed by atoms with Crippen molar-refractivity contribution in [2.45, 2.75) is 37.4 Å². The molecule has 0 amide bonds. The monoisotopic (exact) mass is 371 g/mol. The molecule has 0 spiro atoms. The van der Waals surface area contributed by atoms with Crippen molar-refractivity contribution in [1.82, 2.24) is 5.32 Å². The average molecular weight is 371 g/mol. The van der Waals surface area contributed by atoms with Gasteiger partial charge in [-0.3, -0.25) is 0 Å². The van der Waals surface area contributed by atoms with Gasteiger partial charge in [0.1, 0.15) is 11.5 Å². The molecular weight excluding hydrogens is 348 g/mol. The number of thioether (sulfide) groups is 1. The normalized spacial score (nSPS) is 12.4. The zero-order chi connectivity index (χ0) is 18.2. The van der Waals surface area contributed by atoms with E-state index in [1.165, 1.54) is 0 Å². The van der Waals surface area contributed by atoms with Gasteiger partial charge in [-0.2, -0.15) is 8.78 Å². The molecule has 0 radical (unpaired) electrons. The average Bonchev–Trinajstić information content (AvgIpc) is 3.06. The lowest BCUT2D eigenvalue weighted by Gasteiger charge is -2.15. The summed E-state index contributed by atoms with van der Waals surface area (Å²) < 4.78 is 40.5. The Morgan fingerprint density at radius 2 is 1.80 bits per heavy atom. The molecule has 0 aliphatic carbocycles. The Morgan fingerprint density at radius 3 is 2.48 bits per heavy atom. The van der Waals surface area contributed by atoms with E-state index in [1.807, 2.05) is 24.3 Å². The second-order valence-electron chi connectivity index (χ2n) is 5.62. The number of hydrogen-bond acceptors (Lipinski definition) is 5. The fourth-order valence-electron chi connectivity index (χ4n) is 2.45. The number of methoxy groups -OCH3 is 2. The second-order valence-corrected chi connectivity index (χ2v) is 6.59. The molecule has 1 atom stereocenters. The molecule has 1 N–H and O–H groups in total. The summed E-state index contributed by atoms with van der Waals surface area (Å²) in [5.41, 5.74) is 1.13. The SMILES string of the molecule is COc1ccc(CC(C)NCc2ccc(CSC(F)F)o2)cc1OC. The highest BCUT2D eigenvalue weighted by molar-refractivity contribution is 7.98. The molecule has 1 heterocycles. The molecule has 0 fully saturated rings. The van der Waals surface area contributed by atoms with Crippen LogP contribution in [0.1, 0.15) is 24.0 Å². The summed E-state index contributed by atoms with van der Waals surface area (Å²) in [5.74, 6) is 0.515. The maximum absolute atomic E-state index is 12.2. The molecule has 4 nitrogen and oxygen atoms in total. The molecule has 0 bridgehead atoms. The van der Waals surface area contributed by atoms with Crippen LogP contribution in [-0.2, 0) is 18.7 Å². The van der Waals surface area contributed by atoms with E-state index < -0.39 is 5.76 Å². The minimum absolute atomic E-state index is 0.179. The van der Waals surface area contributed by atoms with Gasteiger partial charge in [0.05, 0.1) is 26.5 Å². The van der Waals surface area contributed by atoms with Crippen LogP contribution in [0.25, 0.3) is 0 Å². The fourth-order valence-corrected chi connectivity index (χ4v) is 2.89. The van der Waals surface area contributed by atoms with Gasteiger partial charge in [-0.15, -0.1) is 0 Å². The molecule has 1 aromatic heterocycles. The molecule has 2 aromatic rings. The largest absolute Gasteiger partial charge is 0.493 e. The van der Waals surface area contributed by atoms with E-state index in [1.54, 1.807) is 20.3 Å². The van der Waals surface area contributed by atoms with Gasteiger partial charge in [0, 0.05) is 6.04 Å². The predicted molar refractivity (Wildman–Crippen MR) is 95.6 cm³/mol. The number of halogens is 2. The Kier molecular flexibility index (Phi) is 7.58. The van der Waals surface area contributed by atoms with Crippen LogP contribution in [0.4, 0.5) is 8.78 Å². The first-order valence-electron chi connectivity index (χ1n) is 7.93. The van der Waals surface area contributed by atoms with E-state index in [4.69, 9.17) is 13.9 Å². The molecule has 1 aromatic carbocycles. The van der Waals surface area contributed by atoms with Gasteiger partial charge in [-0.25, -0.2) is 0 Å². The Hall–Kier alpha value is -1.73. The number of nitrogens with one attached hydrogen (secondary N) is 1. The minimum Gasteiger partial charge on any atom is -0.493 e. The third-order valence-electron chi connectivity index (χ3n) is 3.68. The first-order valence-corrected chi connectivity index (χ1v) is 8.98. The minimum atomic E-state index is -2.38. The summed E-state index contributed by atoms with van der Waals surface area (Å²) in [6.45, 7) is 2.63. The Labute approximate surface area is 150 Å². The molecule has 0 aliphatic heterocycles. The van der Waals surface area contributed by atoms with Crippen LogP contribution in [0.3, 0.4) is 0 Å². The summed E-state index contributed by atoms with van der Waals surface area (Å²) in [6.07, 6.45) is 0.815. The summed E-state index contributed by atoms with van der Waals surface area (Å²) >= 11 is 0.561. The molecule has 7 heteroatoms. The third-order valence-corrected chi connectivity index (χ3v) is 4.39. The van der Waals surface area contributed by atoms with Crippen molar-refractivity contribution in [3.8, 4) is 11.5 Å². The quantitative estimate of drug-likeness (QED) is 0.667. The van der Waals surface area contributed by atoms with E-state index in [0.29, 0.717) is 35.6 Å². The summed E-state index contributed by atoms with van der Waals surface area (Å²) in [7, 11) is 3.23. The Bertz CT molecular complexity index is 664. The zero-order valence-corrected chi connectivity index (χ0v) is 15.4. The van der Waals surface area contributed by atoms with E-state index in [-0.39, 0.29) is 11.8 Å². The Morgan fingerprint density at radius 1 is 1.08 bits per heavy atom. The topological polar surface area (TPSA) is 43.6 Å². The zero-order valence-electron chi connectivity index (χ0n) is 14.6. The molecule has 0 saturated heterocycles. The van der Waals surface area contributed by atoms with Gasteiger partial charge in [-0.1, -0.05) is 17.8 Å². The van der Waals surface area contributed by atoms with Crippen molar-refractivity contribution in [2.24, 2.45) is 0 Å². The lowest BCUT2D eigenvalue weighted by molar-refractivity contribution is 0.251. The summed E-state index contributed by atoms with van der Waals surface area (Å²) in [4.78, 5) is 0. The van der Waals surface area contributed by atoms with E-state index in [0.717, 1.165) is 17.7 Å². The number of benzene rings is 1. The third kappa shape index (κ3) is 6.25. The number of furan rings is 1. The molecular formula is C18H23F2NO3S. The van der Waals surface area contributed by atoms with Crippen molar-refractivity contribution in [3.63, 3.8) is 0 Å². The highest BCUT2D eigenvalue weighted by atomic mass is 32.2. The van der Waals surface area contributed by atoms with Crippen molar-refractivity contribution < 1.29 is 22.7 Å². The molecule has 25 heavy (non-hydrogen) atoms. The standard InChI is InChI=1S/C18H23F2NO3S/c1-12(8-13-4-7-16(22-2)17(9-13)23-3)21-10-14-5-6-15(24-14)11-25-18(19)20/h4-7,9,12,18,21H,8,10-11H2,1-3H3. The summed E-state index contributed by atoms with van der Waals surface area (Å²) in [5, 5.41) is 3.37. The van der Waals surface area contributed by atoms with Crippen molar-refractivity contribution in [1.29, 1.82) is 0 Å². The highest BCUT2D eigenvalue weighted by Crippen LogP contribution is 2.28. The first kappa shape index (κ1) is 19.6. The van der Waals surface area contributed by atoms with Crippen LogP contribution in [-0.4, -0.2) is 26.0 Å². The maximum atomic E-state index is 12.2. The fraction of sp³-hybridized carbons (Fsp3) is 0.444. The van der Waals surface area contributed by atoms with Gasteiger partial charge in [0.2, 0.25) is 0 Å². The van der Waals surface area contributed by atoms with Crippen LogP contribution in [0.15, 0.2) is 34.7 Å². The molecule has 138 valence electrons. The van der Waals surface area contributed by atoms with Gasteiger partial charge < -0.3 is 19.2 Å². The van der Waals surface area contributed by atoms with E-state index in [2.05, 4.69) is 12.2 Å². The molecule has 0 saturated carbocycles. The number of alkyl halides is 2. The van der Waals surface area contributed by atoms with Crippen LogP contribution in [0.5, 0.6) is 11.5 Å². The van der Waals surface area contributed by atoms with Crippen molar-refractivity contribution in [3.05, 3.63) is 47.4 Å². The number of rotatable bonds is 10. The molecule has 1 unspecified atom stereocenters. The number of hydrogen-bond donors (Lipinski definition) is 1. The predicted octanol–water partition coefficient (Wildman–Crippen LogP) is 4.47. The van der Waals surface area contributed by atoms with Crippen LogP contribution >= 0.6 is 11.8 Å². The van der Waals surface area contributed by atoms with Gasteiger partial charge >= 0.3 is 0 Å². The molecule has 0 aliphatic rings. The van der Waals surface area contributed by atoms with Gasteiger partial charge in [0.25, 0.3) is 5.76 Å². The van der Waals surface area contributed by atoms with Crippen molar-refractivity contribution in [2.75, 3.05) is 14.2 Å². The highest BCUT2D eigenvalue weighted by Gasteiger charge is 2.10. The lowest BCUT2D eigenvalue weighted by atomic mass is 10.1. The van der Waals surface area contributed by atoms with Gasteiger partial charge in [0.15, 0.2) is 11.5 Å².